The molecule has 1 heterocycles. The fourth-order valence-corrected chi connectivity index (χ4v) is 4.15. The van der Waals surface area contributed by atoms with E-state index in [1.807, 2.05) is 48.5 Å². The van der Waals surface area contributed by atoms with Crippen molar-refractivity contribution < 1.29 is 23.5 Å². The molecular formula is C20H20N3O5P. The van der Waals surface area contributed by atoms with Crippen LogP contribution in [0.15, 0.2) is 67.3 Å². The summed E-state index contributed by atoms with van der Waals surface area (Å²) in [5.41, 5.74) is 3.97. The van der Waals surface area contributed by atoms with E-state index in [1.165, 1.54) is 23.6 Å². The maximum Gasteiger partial charge on any atom is 0.437 e. The number of aromatic nitrogens is 2. The van der Waals surface area contributed by atoms with Crippen molar-refractivity contribution in [2.24, 2.45) is 0 Å². The third kappa shape index (κ3) is 3.82. The number of benzene rings is 2. The molecule has 4 rings (SSSR count). The number of hydrogen-bond acceptors (Lipinski definition) is 5. The molecule has 8 nitrogen and oxygen atoms in total. The number of ether oxygens (including phenoxy) is 1. The van der Waals surface area contributed by atoms with E-state index in [1.54, 1.807) is 7.05 Å². The van der Waals surface area contributed by atoms with E-state index in [9.17, 15) is 14.3 Å². The van der Waals surface area contributed by atoms with Gasteiger partial charge in [-0.25, -0.2) is 18.7 Å². The first-order valence-corrected chi connectivity index (χ1v) is 10.6. The highest BCUT2D eigenvalue weighted by molar-refractivity contribution is 7.51. The number of rotatable bonds is 6. The van der Waals surface area contributed by atoms with Crippen molar-refractivity contribution in [3.63, 3.8) is 0 Å². The number of amides is 1. The van der Waals surface area contributed by atoms with Gasteiger partial charge in [0.15, 0.2) is 6.10 Å². The molecule has 0 aliphatic heterocycles. The second-order valence-electron chi connectivity index (χ2n) is 6.63. The summed E-state index contributed by atoms with van der Waals surface area (Å²) in [6, 6.07) is 15.7. The molecule has 1 aliphatic rings. The van der Waals surface area contributed by atoms with E-state index in [0.29, 0.717) is 0 Å². The van der Waals surface area contributed by atoms with Gasteiger partial charge in [-0.05, 0) is 11.1 Å². The zero-order chi connectivity index (χ0) is 20.4. The second-order valence-corrected chi connectivity index (χ2v) is 8.33. The van der Waals surface area contributed by atoms with Crippen LogP contribution in [0.3, 0.4) is 0 Å². The largest absolute Gasteiger partial charge is 0.437 e. The Kier molecular flexibility index (Phi) is 5.24. The van der Waals surface area contributed by atoms with Crippen LogP contribution in [0.25, 0.3) is 11.1 Å². The van der Waals surface area contributed by atoms with Crippen LogP contribution < -0.4 is 0 Å². The number of carbonyl (C=O) groups excluding carboxylic acids is 1. The van der Waals surface area contributed by atoms with Crippen molar-refractivity contribution in [3.8, 4) is 11.1 Å². The van der Waals surface area contributed by atoms with Gasteiger partial charge in [0.2, 0.25) is 0 Å². The summed E-state index contributed by atoms with van der Waals surface area (Å²) in [6.45, 7) is -0.0382. The van der Waals surface area contributed by atoms with E-state index >= 15 is 0 Å². The molecule has 0 fully saturated rings. The Morgan fingerprint density at radius 1 is 1.17 bits per heavy atom. The van der Waals surface area contributed by atoms with Gasteiger partial charge < -0.3 is 14.5 Å². The average Bonchev–Trinajstić information content (AvgIpc) is 3.36. The number of likely N-dealkylation sites (N-methyl/N-ethyl adjacent to an activating group) is 1. The lowest BCUT2D eigenvalue weighted by Crippen LogP contribution is -2.31. The van der Waals surface area contributed by atoms with Crippen molar-refractivity contribution >= 4 is 13.8 Å². The van der Waals surface area contributed by atoms with Crippen molar-refractivity contribution in [1.82, 2.24) is 14.2 Å². The van der Waals surface area contributed by atoms with Crippen LogP contribution in [0.1, 0.15) is 17.2 Å². The predicted molar refractivity (Wildman–Crippen MR) is 106 cm³/mol. The summed E-state index contributed by atoms with van der Waals surface area (Å²) in [6.07, 6.45) is 2.89. The van der Waals surface area contributed by atoms with Crippen molar-refractivity contribution in [1.29, 1.82) is 0 Å². The molecule has 1 unspecified atom stereocenters. The van der Waals surface area contributed by atoms with Crippen LogP contribution in [0.4, 0.5) is 4.79 Å². The van der Waals surface area contributed by atoms with Crippen LogP contribution in [-0.2, 0) is 13.8 Å². The van der Waals surface area contributed by atoms with Gasteiger partial charge in [0, 0.05) is 37.1 Å². The fourth-order valence-electron chi connectivity index (χ4n) is 3.28. The van der Waals surface area contributed by atoms with Crippen molar-refractivity contribution in [2.75, 3.05) is 20.2 Å². The number of hydrogen-bond donors (Lipinski definition) is 1. The molecule has 150 valence electrons. The van der Waals surface area contributed by atoms with E-state index in [0.717, 1.165) is 26.6 Å². The SMILES string of the molecule is CN(CCOP(=O)(O)n1ccnc1)C(=O)OC1c2ccccc2-c2ccccc21. The summed E-state index contributed by atoms with van der Waals surface area (Å²) in [7, 11) is -2.47. The Bertz CT molecular complexity index is 1020. The Morgan fingerprint density at radius 2 is 1.79 bits per heavy atom. The van der Waals surface area contributed by atoms with Crippen LogP contribution in [0.5, 0.6) is 0 Å². The number of carbonyl (C=O) groups is 1. The molecule has 0 saturated heterocycles. The van der Waals surface area contributed by atoms with Gasteiger partial charge in [-0.1, -0.05) is 48.5 Å². The highest BCUT2D eigenvalue weighted by Gasteiger charge is 2.32. The maximum absolute atomic E-state index is 12.6. The smallest absolute Gasteiger partial charge is 0.436 e. The fraction of sp³-hybridized carbons (Fsp3) is 0.200. The first-order valence-electron chi connectivity index (χ1n) is 9.03. The Balaban J connectivity index is 1.40. The molecule has 29 heavy (non-hydrogen) atoms. The summed E-state index contributed by atoms with van der Waals surface area (Å²) < 4.78 is 23.9. The molecular weight excluding hydrogens is 393 g/mol. The molecule has 2 aromatic carbocycles. The number of imidazole rings is 1. The quantitative estimate of drug-likeness (QED) is 0.620. The predicted octanol–water partition coefficient (Wildman–Crippen LogP) is 3.69. The first kappa shape index (κ1) is 19.4. The van der Waals surface area contributed by atoms with Crippen molar-refractivity contribution in [3.05, 3.63) is 78.4 Å². The molecule has 1 aromatic heterocycles. The lowest BCUT2D eigenvalue weighted by molar-refractivity contribution is 0.0811. The molecule has 1 atom stereocenters. The molecule has 9 heteroatoms. The number of nitrogens with zero attached hydrogens (tertiary/aromatic N) is 3. The van der Waals surface area contributed by atoms with Crippen LogP contribution in [-0.4, -0.2) is 45.4 Å². The minimum atomic E-state index is -4.02. The van der Waals surface area contributed by atoms with Crippen LogP contribution in [0, 0.1) is 0 Å². The normalized spacial score (nSPS) is 14.7. The van der Waals surface area contributed by atoms with Gasteiger partial charge in [-0.15, -0.1) is 0 Å². The monoisotopic (exact) mass is 413 g/mol. The summed E-state index contributed by atoms with van der Waals surface area (Å²) in [5, 5.41) is 0. The van der Waals surface area contributed by atoms with Gasteiger partial charge in [0.25, 0.3) is 0 Å². The molecule has 0 saturated carbocycles. The van der Waals surface area contributed by atoms with E-state index in [2.05, 4.69) is 4.98 Å². The van der Waals surface area contributed by atoms with Gasteiger partial charge in [-0.3, -0.25) is 4.52 Å². The summed E-state index contributed by atoms with van der Waals surface area (Å²) in [4.78, 5) is 27.5. The van der Waals surface area contributed by atoms with Gasteiger partial charge >= 0.3 is 13.8 Å². The zero-order valence-electron chi connectivity index (χ0n) is 15.7. The third-order valence-corrected chi connectivity index (χ3v) is 6.11. The molecule has 0 spiro atoms. The minimum Gasteiger partial charge on any atom is -0.436 e. The molecule has 1 N–H and O–H groups in total. The highest BCUT2D eigenvalue weighted by atomic mass is 31.2. The summed E-state index contributed by atoms with van der Waals surface area (Å²) >= 11 is 0. The Morgan fingerprint density at radius 3 is 2.38 bits per heavy atom. The highest BCUT2D eigenvalue weighted by Crippen LogP contribution is 2.45. The van der Waals surface area contributed by atoms with Crippen LogP contribution >= 0.6 is 7.75 Å². The Hall–Kier alpha value is -2.93. The third-order valence-electron chi connectivity index (χ3n) is 4.78. The van der Waals surface area contributed by atoms with E-state index < -0.39 is 19.9 Å². The first-order chi connectivity index (χ1) is 14.0. The van der Waals surface area contributed by atoms with Gasteiger partial charge in [-0.2, -0.15) is 0 Å². The Labute approximate surface area is 167 Å². The van der Waals surface area contributed by atoms with E-state index in [-0.39, 0.29) is 13.2 Å². The minimum absolute atomic E-state index is 0.0914. The van der Waals surface area contributed by atoms with Crippen LogP contribution in [0.2, 0.25) is 0 Å². The maximum atomic E-state index is 12.6. The zero-order valence-corrected chi connectivity index (χ0v) is 16.6. The summed E-state index contributed by atoms with van der Waals surface area (Å²) in [5.74, 6) is 0. The molecule has 0 radical (unpaired) electrons. The second kappa shape index (κ2) is 7.83. The molecule has 0 bridgehead atoms. The van der Waals surface area contributed by atoms with Crippen molar-refractivity contribution in [2.45, 2.75) is 6.10 Å². The lowest BCUT2D eigenvalue weighted by atomic mass is 10.1. The molecule has 3 aromatic rings. The molecule has 1 aliphatic carbocycles. The average molecular weight is 413 g/mol. The standard InChI is InChI=1S/C20H20N3O5P/c1-22(12-13-27-29(25,26)23-11-10-21-14-23)20(24)28-19-17-8-4-2-6-15(17)16-7-3-5-9-18(16)19/h2-11,14,19H,12-13H2,1H3,(H,25,26). The van der Waals surface area contributed by atoms with E-state index in [4.69, 9.17) is 9.26 Å². The van der Waals surface area contributed by atoms with Gasteiger partial charge in [0.1, 0.15) is 6.33 Å². The van der Waals surface area contributed by atoms with Gasteiger partial charge in [0.05, 0.1) is 6.61 Å². The topological polar surface area (TPSA) is 93.9 Å². The number of fused-ring (bicyclic) bond motifs is 3. The molecule has 1 amide bonds. The lowest BCUT2D eigenvalue weighted by Gasteiger charge is -2.22.